The Hall–Kier alpha value is -2.99. The summed E-state index contributed by atoms with van der Waals surface area (Å²) in [5, 5.41) is 2.87. The normalized spacial score (nSPS) is 16.3. The lowest BCUT2D eigenvalue weighted by Crippen LogP contribution is -2.31. The minimum absolute atomic E-state index is 0.188. The van der Waals surface area contributed by atoms with Gasteiger partial charge in [-0.1, -0.05) is 37.3 Å². The van der Waals surface area contributed by atoms with E-state index in [9.17, 15) is 14.4 Å². The standard InChI is InChI=1S/C21H23N3O3/c1-13-12-16(8-9-17(13)24-18(25)10-11-19(24)26)23-21(27)14(2)20(22)15-6-4-3-5-7-15/h3-9,12,14,20H,10-11,22H2,1-2H3,(H,23,27). The van der Waals surface area contributed by atoms with Crippen molar-refractivity contribution in [3.05, 3.63) is 59.7 Å². The molecule has 3 amide bonds. The van der Waals surface area contributed by atoms with Crippen LogP contribution in [0.5, 0.6) is 0 Å². The Morgan fingerprint density at radius 2 is 1.70 bits per heavy atom. The molecule has 3 N–H and O–H groups in total. The molecule has 0 aromatic heterocycles. The molecule has 2 atom stereocenters. The first-order valence-electron chi connectivity index (χ1n) is 8.96. The van der Waals surface area contributed by atoms with Gasteiger partial charge in [0.25, 0.3) is 0 Å². The van der Waals surface area contributed by atoms with Gasteiger partial charge in [-0.15, -0.1) is 0 Å². The summed E-state index contributed by atoms with van der Waals surface area (Å²) in [6.07, 6.45) is 0.483. The lowest BCUT2D eigenvalue weighted by atomic mass is 9.94. The number of hydrogen-bond acceptors (Lipinski definition) is 4. The van der Waals surface area contributed by atoms with Crippen molar-refractivity contribution in [3.8, 4) is 0 Å². The van der Waals surface area contributed by atoms with Gasteiger partial charge in [-0.25, -0.2) is 0 Å². The van der Waals surface area contributed by atoms with E-state index >= 15 is 0 Å². The summed E-state index contributed by atoms with van der Waals surface area (Å²) >= 11 is 0. The van der Waals surface area contributed by atoms with Crippen LogP contribution in [0.15, 0.2) is 48.5 Å². The van der Waals surface area contributed by atoms with Crippen LogP contribution in [-0.2, 0) is 14.4 Å². The number of anilines is 2. The Kier molecular flexibility index (Phi) is 5.37. The molecular weight excluding hydrogens is 342 g/mol. The van der Waals surface area contributed by atoms with Gasteiger partial charge < -0.3 is 11.1 Å². The Morgan fingerprint density at radius 1 is 1.07 bits per heavy atom. The zero-order valence-electron chi connectivity index (χ0n) is 15.4. The van der Waals surface area contributed by atoms with Crippen LogP contribution in [0.1, 0.15) is 36.9 Å². The minimum Gasteiger partial charge on any atom is -0.326 e. The number of hydrogen-bond donors (Lipinski definition) is 2. The largest absolute Gasteiger partial charge is 0.326 e. The maximum absolute atomic E-state index is 12.6. The van der Waals surface area contributed by atoms with E-state index in [4.69, 9.17) is 5.73 Å². The van der Waals surface area contributed by atoms with E-state index in [1.54, 1.807) is 25.1 Å². The van der Waals surface area contributed by atoms with Crippen molar-refractivity contribution < 1.29 is 14.4 Å². The van der Waals surface area contributed by atoms with Crippen molar-refractivity contribution in [1.29, 1.82) is 0 Å². The molecule has 6 heteroatoms. The third kappa shape index (κ3) is 3.90. The van der Waals surface area contributed by atoms with Gasteiger partial charge in [0.05, 0.1) is 11.6 Å². The van der Waals surface area contributed by atoms with E-state index in [-0.39, 0.29) is 30.6 Å². The summed E-state index contributed by atoms with van der Waals surface area (Å²) in [4.78, 5) is 37.6. The van der Waals surface area contributed by atoms with E-state index in [1.165, 1.54) is 4.90 Å². The van der Waals surface area contributed by atoms with Gasteiger partial charge >= 0.3 is 0 Å². The van der Waals surface area contributed by atoms with Gasteiger partial charge in [-0.3, -0.25) is 19.3 Å². The summed E-state index contributed by atoms with van der Waals surface area (Å²) in [6, 6.07) is 14.2. The van der Waals surface area contributed by atoms with Gasteiger partial charge in [-0.2, -0.15) is 0 Å². The number of benzene rings is 2. The fourth-order valence-electron chi connectivity index (χ4n) is 3.21. The molecule has 0 spiro atoms. The molecule has 0 radical (unpaired) electrons. The molecule has 2 aromatic carbocycles. The molecule has 1 aliphatic rings. The number of carbonyl (C=O) groups excluding carboxylic acids is 3. The molecule has 0 saturated carbocycles. The molecule has 0 bridgehead atoms. The second-order valence-electron chi connectivity index (χ2n) is 6.84. The number of amides is 3. The molecule has 1 heterocycles. The molecule has 0 aliphatic carbocycles. The number of rotatable bonds is 5. The molecule has 27 heavy (non-hydrogen) atoms. The number of carbonyl (C=O) groups is 3. The average Bonchev–Trinajstić information content (AvgIpc) is 3.00. The summed E-state index contributed by atoms with van der Waals surface area (Å²) in [7, 11) is 0. The summed E-state index contributed by atoms with van der Waals surface area (Å²) in [6.45, 7) is 3.60. The van der Waals surface area contributed by atoms with E-state index in [0.717, 1.165) is 11.1 Å². The van der Waals surface area contributed by atoms with Crippen molar-refractivity contribution in [2.45, 2.75) is 32.7 Å². The van der Waals surface area contributed by atoms with Crippen LogP contribution in [0.2, 0.25) is 0 Å². The van der Waals surface area contributed by atoms with Crippen LogP contribution in [0.3, 0.4) is 0 Å². The molecule has 1 aliphatic heterocycles. The average molecular weight is 365 g/mol. The molecule has 140 valence electrons. The topological polar surface area (TPSA) is 92.5 Å². The van der Waals surface area contributed by atoms with Crippen LogP contribution in [-0.4, -0.2) is 17.7 Å². The van der Waals surface area contributed by atoms with Crippen molar-refractivity contribution in [3.63, 3.8) is 0 Å². The quantitative estimate of drug-likeness (QED) is 0.797. The molecule has 1 saturated heterocycles. The fraction of sp³-hybridized carbons (Fsp3) is 0.286. The molecular formula is C21H23N3O3. The highest BCUT2D eigenvalue weighted by atomic mass is 16.2. The van der Waals surface area contributed by atoms with E-state index in [1.807, 2.05) is 37.3 Å². The Labute approximate surface area is 158 Å². The number of nitrogens with two attached hydrogens (primary N) is 1. The highest BCUT2D eigenvalue weighted by molar-refractivity contribution is 6.20. The Bertz CT molecular complexity index is 863. The summed E-state index contributed by atoms with van der Waals surface area (Å²) < 4.78 is 0. The zero-order chi connectivity index (χ0) is 19.6. The van der Waals surface area contributed by atoms with Crippen molar-refractivity contribution in [2.24, 2.45) is 11.7 Å². The molecule has 1 fully saturated rings. The second-order valence-corrected chi connectivity index (χ2v) is 6.84. The maximum Gasteiger partial charge on any atom is 0.234 e. The van der Waals surface area contributed by atoms with Gasteiger partial charge in [0.2, 0.25) is 17.7 Å². The Balaban J connectivity index is 1.72. The van der Waals surface area contributed by atoms with Crippen LogP contribution < -0.4 is 16.0 Å². The molecule has 3 rings (SSSR count). The van der Waals surface area contributed by atoms with Crippen molar-refractivity contribution in [1.82, 2.24) is 0 Å². The monoisotopic (exact) mass is 365 g/mol. The molecule has 2 aromatic rings. The fourth-order valence-corrected chi connectivity index (χ4v) is 3.21. The van der Waals surface area contributed by atoms with Gasteiger partial charge in [0.15, 0.2) is 0 Å². The maximum atomic E-state index is 12.6. The number of nitrogens with one attached hydrogen (secondary N) is 1. The smallest absolute Gasteiger partial charge is 0.234 e. The Morgan fingerprint density at radius 3 is 2.30 bits per heavy atom. The first-order chi connectivity index (χ1) is 12.9. The van der Waals surface area contributed by atoms with E-state index < -0.39 is 12.0 Å². The second kappa shape index (κ2) is 7.72. The lowest BCUT2D eigenvalue weighted by molar-refractivity contribution is -0.121. The summed E-state index contributed by atoms with van der Waals surface area (Å²) in [5.41, 5.74) is 9.03. The third-order valence-corrected chi connectivity index (χ3v) is 4.89. The predicted octanol–water partition coefficient (Wildman–Crippen LogP) is 2.92. The summed E-state index contributed by atoms with van der Waals surface area (Å²) in [5.74, 6) is -0.995. The van der Waals surface area contributed by atoms with Crippen LogP contribution >= 0.6 is 0 Å². The van der Waals surface area contributed by atoms with Crippen molar-refractivity contribution in [2.75, 3.05) is 10.2 Å². The number of aryl methyl sites for hydroxylation is 1. The molecule has 6 nitrogen and oxygen atoms in total. The first-order valence-corrected chi connectivity index (χ1v) is 8.96. The highest BCUT2D eigenvalue weighted by Gasteiger charge is 2.31. The first kappa shape index (κ1) is 18.8. The van der Waals surface area contributed by atoms with E-state index in [2.05, 4.69) is 5.32 Å². The van der Waals surface area contributed by atoms with Crippen LogP contribution in [0.25, 0.3) is 0 Å². The lowest BCUT2D eigenvalue weighted by Gasteiger charge is -2.21. The van der Waals surface area contributed by atoms with E-state index in [0.29, 0.717) is 11.4 Å². The van der Waals surface area contributed by atoms with Crippen molar-refractivity contribution >= 4 is 29.1 Å². The SMILES string of the molecule is Cc1cc(NC(=O)C(C)C(N)c2ccccc2)ccc1N1C(=O)CCC1=O. The third-order valence-electron chi connectivity index (χ3n) is 4.89. The van der Waals surface area contributed by atoms with Gasteiger partial charge in [-0.05, 0) is 36.2 Å². The predicted molar refractivity (Wildman–Crippen MR) is 104 cm³/mol. The zero-order valence-corrected chi connectivity index (χ0v) is 15.4. The van der Waals surface area contributed by atoms with Gasteiger partial charge in [0, 0.05) is 24.6 Å². The minimum atomic E-state index is -0.422. The van der Waals surface area contributed by atoms with Gasteiger partial charge in [0.1, 0.15) is 0 Å². The van der Waals surface area contributed by atoms with Crippen LogP contribution in [0.4, 0.5) is 11.4 Å². The molecule has 2 unspecified atom stereocenters. The highest BCUT2D eigenvalue weighted by Crippen LogP contribution is 2.29. The number of nitrogens with zero attached hydrogens (tertiary/aromatic N) is 1. The van der Waals surface area contributed by atoms with Crippen LogP contribution in [0, 0.1) is 12.8 Å². The number of imide groups is 1.